The van der Waals surface area contributed by atoms with Gasteiger partial charge in [-0.3, -0.25) is 9.59 Å². The molecular formula is C21H16Cl2N2O4S. The second kappa shape index (κ2) is 8.73. The van der Waals surface area contributed by atoms with Gasteiger partial charge in [0, 0.05) is 24.2 Å². The molecule has 0 bridgehead atoms. The van der Waals surface area contributed by atoms with Crippen LogP contribution >= 0.6 is 34.5 Å². The van der Waals surface area contributed by atoms with Gasteiger partial charge in [-0.1, -0.05) is 46.7 Å². The van der Waals surface area contributed by atoms with Crippen molar-refractivity contribution in [3.63, 3.8) is 0 Å². The fraction of sp³-hybridized carbons (Fsp3) is 0.190. The highest BCUT2D eigenvalue weighted by molar-refractivity contribution is 7.16. The molecule has 0 fully saturated rings. The number of halogens is 2. The number of rotatable bonds is 5. The molecule has 4 aromatic rings. The van der Waals surface area contributed by atoms with Crippen LogP contribution in [0.5, 0.6) is 0 Å². The van der Waals surface area contributed by atoms with Gasteiger partial charge in [0.15, 0.2) is 16.0 Å². The van der Waals surface area contributed by atoms with E-state index in [4.69, 9.17) is 32.4 Å². The van der Waals surface area contributed by atoms with Crippen molar-refractivity contribution in [2.45, 2.75) is 13.5 Å². The summed E-state index contributed by atoms with van der Waals surface area (Å²) in [5, 5.41) is 1.35. The minimum absolute atomic E-state index is 0.128. The molecule has 0 unspecified atom stereocenters. The zero-order valence-corrected chi connectivity index (χ0v) is 18.2. The van der Waals surface area contributed by atoms with Gasteiger partial charge in [0.05, 0.1) is 27.2 Å². The molecule has 2 heterocycles. The highest BCUT2D eigenvalue weighted by atomic mass is 35.5. The number of benzene rings is 2. The number of aromatic nitrogens is 1. The van der Waals surface area contributed by atoms with Gasteiger partial charge in [-0.2, -0.15) is 4.99 Å². The molecule has 4 rings (SSSR count). The van der Waals surface area contributed by atoms with E-state index in [9.17, 15) is 9.59 Å². The van der Waals surface area contributed by atoms with Crippen LogP contribution in [0.4, 0.5) is 0 Å². The van der Waals surface area contributed by atoms with Crippen LogP contribution in [0.2, 0.25) is 10.0 Å². The molecule has 2 aromatic carbocycles. The third-order valence-corrected chi connectivity index (χ3v) is 5.93. The highest BCUT2D eigenvalue weighted by Crippen LogP contribution is 2.29. The van der Waals surface area contributed by atoms with E-state index in [1.807, 2.05) is 11.5 Å². The summed E-state index contributed by atoms with van der Waals surface area (Å²) in [6.07, 6.45) is 0. The maximum atomic E-state index is 12.8. The van der Waals surface area contributed by atoms with Crippen LogP contribution in [0, 0.1) is 0 Å². The fourth-order valence-electron chi connectivity index (χ4n) is 3.07. The van der Waals surface area contributed by atoms with Gasteiger partial charge in [-0.15, -0.1) is 0 Å². The molecule has 9 heteroatoms. The molecule has 0 aliphatic carbocycles. The topological polar surface area (TPSA) is 73.8 Å². The molecule has 0 aliphatic heterocycles. The Morgan fingerprint density at radius 1 is 1.23 bits per heavy atom. The van der Waals surface area contributed by atoms with Crippen molar-refractivity contribution in [3.8, 4) is 0 Å². The first kappa shape index (κ1) is 20.8. The molecule has 1 amide bonds. The van der Waals surface area contributed by atoms with E-state index in [0.717, 1.165) is 16.3 Å². The zero-order chi connectivity index (χ0) is 21.3. The average Bonchev–Trinajstić information content (AvgIpc) is 3.05. The largest absolute Gasteiger partial charge is 0.451 e. The van der Waals surface area contributed by atoms with E-state index < -0.39 is 5.91 Å². The first-order valence-electron chi connectivity index (χ1n) is 9.16. The van der Waals surface area contributed by atoms with Crippen LogP contribution in [0.15, 0.2) is 56.7 Å². The molecule has 0 aliphatic rings. The van der Waals surface area contributed by atoms with Crippen molar-refractivity contribution in [1.82, 2.24) is 4.57 Å². The number of carbonyl (C=O) groups excluding carboxylic acids is 1. The Kier molecular flexibility index (Phi) is 6.06. The lowest BCUT2D eigenvalue weighted by Crippen LogP contribution is -2.20. The fourth-order valence-corrected chi connectivity index (χ4v) is 4.91. The van der Waals surface area contributed by atoms with Crippen LogP contribution < -0.4 is 10.2 Å². The number of carbonyl (C=O) groups is 1. The van der Waals surface area contributed by atoms with Crippen molar-refractivity contribution < 1.29 is 13.9 Å². The number of thiazole rings is 1. The maximum Gasteiger partial charge on any atom is 0.315 e. The summed E-state index contributed by atoms with van der Waals surface area (Å²) < 4.78 is 13.7. The van der Waals surface area contributed by atoms with Gasteiger partial charge in [-0.25, -0.2) is 0 Å². The van der Waals surface area contributed by atoms with Gasteiger partial charge in [-0.05, 0) is 31.2 Å². The molecular weight excluding hydrogens is 447 g/mol. The van der Waals surface area contributed by atoms with Gasteiger partial charge in [0.1, 0.15) is 5.58 Å². The highest BCUT2D eigenvalue weighted by Gasteiger charge is 2.15. The summed E-state index contributed by atoms with van der Waals surface area (Å²) in [4.78, 5) is 29.8. The lowest BCUT2D eigenvalue weighted by atomic mass is 10.2. The molecule has 0 atom stereocenters. The monoisotopic (exact) mass is 462 g/mol. The van der Waals surface area contributed by atoms with Crippen LogP contribution in [0.1, 0.15) is 17.5 Å². The molecule has 0 saturated carbocycles. The zero-order valence-electron chi connectivity index (χ0n) is 15.9. The molecule has 2 aromatic heterocycles. The van der Waals surface area contributed by atoms with Gasteiger partial charge in [0.2, 0.25) is 0 Å². The Morgan fingerprint density at radius 2 is 2.03 bits per heavy atom. The smallest absolute Gasteiger partial charge is 0.315 e. The maximum absolute atomic E-state index is 12.8. The first-order chi connectivity index (χ1) is 14.5. The average molecular weight is 463 g/mol. The summed E-state index contributed by atoms with van der Waals surface area (Å²) in [5.41, 5.74) is 0.752. The standard InChI is InChI=1S/C21H16Cl2N2O4S/c1-2-28-8-7-25-19-14(23)9-12(22)10-18(19)30-21(25)24-20(27)17-11-15(26)13-5-3-4-6-16(13)29-17/h3-6,9-11H,2,7-8H2,1H3. The van der Waals surface area contributed by atoms with Crippen molar-refractivity contribution >= 4 is 61.6 Å². The van der Waals surface area contributed by atoms with Crippen LogP contribution in [0.25, 0.3) is 21.2 Å². The van der Waals surface area contributed by atoms with Gasteiger partial charge in [0.25, 0.3) is 0 Å². The number of hydrogen-bond donors (Lipinski definition) is 0. The second-order valence-electron chi connectivity index (χ2n) is 6.36. The molecule has 0 N–H and O–H groups in total. The van der Waals surface area contributed by atoms with Gasteiger partial charge >= 0.3 is 5.91 Å². The Balaban J connectivity index is 1.85. The molecule has 0 spiro atoms. The van der Waals surface area contributed by atoms with Crippen LogP contribution in [0.3, 0.4) is 0 Å². The first-order valence-corrected chi connectivity index (χ1v) is 10.7. The van der Waals surface area contributed by atoms with Crippen LogP contribution in [-0.4, -0.2) is 23.7 Å². The number of nitrogens with zero attached hydrogens (tertiary/aromatic N) is 2. The third-order valence-electron chi connectivity index (χ3n) is 4.40. The number of hydrogen-bond acceptors (Lipinski definition) is 5. The lowest BCUT2D eigenvalue weighted by molar-refractivity contribution is 0.0971. The van der Waals surface area contributed by atoms with Crippen molar-refractivity contribution in [1.29, 1.82) is 0 Å². The van der Waals surface area contributed by atoms with E-state index >= 15 is 0 Å². The molecule has 30 heavy (non-hydrogen) atoms. The number of ether oxygens (including phenoxy) is 1. The second-order valence-corrected chi connectivity index (χ2v) is 8.21. The van der Waals surface area contributed by atoms with E-state index in [-0.39, 0.29) is 11.2 Å². The lowest BCUT2D eigenvalue weighted by Gasteiger charge is -2.07. The summed E-state index contributed by atoms with van der Waals surface area (Å²) >= 11 is 13.8. The Hall–Kier alpha value is -2.45. The van der Waals surface area contributed by atoms with E-state index in [2.05, 4.69) is 4.99 Å². The van der Waals surface area contributed by atoms with E-state index in [1.165, 1.54) is 11.3 Å². The minimum atomic E-state index is -0.656. The Morgan fingerprint density at radius 3 is 2.83 bits per heavy atom. The number of fused-ring (bicyclic) bond motifs is 2. The van der Waals surface area contributed by atoms with Crippen molar-refractivity contribution in [3.05, 3.63) is 73.3 Å². The molecule has 154 valence electrons. The van der Waals surface area contributed by atoms with Crippen molar-refractivity contribution in [2.24, 2.45) is 4.99 Å². The number of para-hydroxylation sites is 1. The molecule has 0 saturated heterocycles. The normalized spacial score (nSPS) is 12.2. The van der Waals surface area contributed by atoms with E-state index in [0.29, 0.717) is 45.6 Å². The summed E-state index contributed by atoms with van der Waals surface area (Å²) in [5.74, 6) is -0.784. The SMILES string of the molecule is CCOCCn1c(=NC(=O)c2cc(=O)c3ccccc3o2)sc2cc(Cl)cc(Cl)c21. The Bertz CT molecular complexity index is 1390. The Labute approximate surface area is 184 Å². The summed E-state index contributed by atoms with van der Waals surface area (Å²) in [6, 6.07) is 11.3. The van der Waals surface area contributed by atoms with E-state index in [1.54, 1.807) is 36.4 Å². The summed E-state index contributed by atoms with van der Waals surface area (Å²) in [6.45, 7) is 3.34. The molecule has 0 radical (unpaired) electrons. The minimum Gasteiger partial charge on any atom is -0.451 e. The predicted octanol–water partition coefficient (Wildman–Crippen LogP) is 4.89. The molecule has 6 nitrogen and oxygen atoms in total. The van der Waals surface area contributed by atoms with Gasteiger partial charge < -0.3 is 13.7 Å². The van der Waals surface area contributed by atoms with Crippen LogP contribution in [-0.2, 0) is 11.3 Å². The third kappa shape index (κ3) is 4.06. The number of amides is 1. The predicted molar refractivity (Wildman–Crippen MR) is 119 cm³/mol. The van der Waals surface area contributed by atoms with Crippen molar-refractivity contribution in [2.75, 3.05) is 13.2 Å². The summed E-state index contributed by atoms with van der Waals surface area (Å²) in [7, 11) is 0. The quantitative estimate of drug-likeness (QED) is 0.395.